The summed E-state index contributed by atoms with van der Waals surface area (Å²) in [4.78, 5) is 0. The monoisotopic (exact) mass is 320 g/mol. The lowest BCUT2D eigenvalue weighted by molar-refractivity contribution is 0.0548. The summed E-state index contributed by atoms with van der Waals surface area (Å²) in [5.41, 5.74) is 3.56. The molecule has 5 rings (SSSR count). The van der Waals surface area contributed by atoms with Crippen molar-refractivity contribution in [2.75, 3.05) is 0 Å². The molecule has 0 saturated heterocycles. The Morgan fingerprint density at radius 3 is 1.21 bits per heavy atom. The van der Waals surface area contributed by atoms with Crippen molar-refractivity contribution in [2.24, 2.45) is 0 Å². The summed E-state index contributed by atoms with van der Waals surface area (Å²) in [6.07, 6.45) is 7.84. The molecule has 2 aromatic carbocycles. The summed E-state index contributed by atoms with van der Waals surface area (Å²) in [6, 6.07) is 21.6. The highest BCUT2D eigenvalue weighted by Crippen LogP contribution is 2.47. The molecule has 3 aliphatic rings. The molecule has 3 saturated carbocycles. The zero-order chi connectivity index (χ0) is 16.3. The molecule has 24 heavy (non-hydrogen) atoms. The molecule has 0 radical (unpaired) electrons. The van der Waals surface area contributed by atoms with Crippen molar-refractivity contribution in [3.63, 3.8) is 0 Å². The molecular formula is C22H28N2. The van der Waals surface area contributed by atoms with E-state index in [2.05, 4.69) is 71.3 Å². The summed E-state index contributed by atoms with van der Waals surface area (Å²) in [6.45, 7) is 2.01. The summed E-state index contributed by atoms with van der Waals surface area (Å²) in [7, 11) is 0. The normalized spacial score (nSPS) is 28.8. The van der Waals surface area contributed by atoms with Crippen molar-refractivity contribution in [3.8, 4) is 0 Å². The molecule has 3 fully saturated rings. The van der Waals surface area contributed by atoms with Crippen molar-refractivity contribution in [1.82, 2.24) is 10.6 Å². The van der Waals surface area contributed by atoms with Crippen LogP contribution in [0.5, 0.6) is 0 Å². The van der Waals surface area contributed by atoms with Crippen LogP contribution >= 0.6 is 0 Å². The number of hydrogen-bond donors (Lipinski definition) is 2. The molecule has 126 valence electrons. The van der Waals surface area contributed by atoms with Gasteiger partial charge in [-0.05, 0) is 49.7 Å². The number of benzene rings is 2. The lowest BCUT2D eigenvalue weighted by Crippen LogP contribution is -2.61. The van der Waals surface area contributed by atoms with E-state index in [4.69, 9.17) is 0 Å². The molecule has 3 aliphatic carbocycles. The van der Waals surface area contributed by atoms with Crippen LogP contribution in [0.25, 0.3) is 0 Å². The third kappa shape index (κ3) is 3.40. The van der Waals surface area contributed by atoms with Crippen LogP contribution in [0.2, 0.25) is 0 Å². The molecular weight excluding hydrogens is 292 g/mol. The largest absolute Gasteiger partial charge is 0.307 e. The SMILES string of the molecule is c1ccc(CNC23CCC(NCc4ccccc4)(CC2)CC3)cc1. The van der Waals surface area contributed by atoms with Crippen molar-refractivity contribution in [3.05, 3.63) is 71.8 Å². The van der Waals surface area contributed by atoms with Gasteiger partial charge in [0.15, 0.2) is 0 Å². The number of hydrogen-bond acceptors (Lipinski definition) is 2. The van der Waals surface area contributed by atoms with Crippen LogP contribution in [0, 0.1) is 0 Å². The number of rotatable bonds is 6. The Morgan fingerprint density at radius 1 is 0.542 bits per heavy atom. The zero-order valence-corrected chi connectivity index (χ0v) is 14.4. The minimum atomic E-state index is 0.381. The van der Waals surface area contributed by atoms with Crippen LogP contribution in [-0.4, -0.2) is 11.1 Å². The fraction of sp³-hybridized carbons (Fsp3) is 0.455. The van der Waals surface area contributed by atoms with E-state index in [1.165, 1.54) is 49.7 Å². The molecule has 2 nitrogen and oxygen atoms in total. The molecule has 2 aromatic rings. The zero-order valence-electron chi connectivity index (χ0n) is 14.4. The fourth-order valence-electron chi connectivity index (χ4n) is 4.49. The summed E-state index contributed by atoms with van der Waals surface area (Å²) in [5, 5.41) is 7.80. The highest BCUT2D eigenvalue weighted by atomic mass is 15.0. The molecule has 0 aromatic heterocycles. The van der Waals surface area contributed by atoms with Gasteiger partial charge in [0.1, 0.15) is 0 Å². The van der Waals surface area contributed by atoms with E-state index < -0.39 is 0 Å². The molecule has 0 spiro atoms. The van der Waals surface area contributed by atoms with E-state index >= 15 is 0 Å². The van der Waals surface area contributed by atoms with E-state index in [0.29, 0.717) is 11.1 Å². The standard InChI is InChI=1S/C22H28N2/c1-3-7-19(8-4-1)17-23-21-11-14-22(15-12-21,16-13-21)24-18-20-9-5-2-6-10-20/h1-10,23-24H,11-18H2. The first-order chi connectivity index (χ1) is 11.8. The highest BCUT2D eigenvalue weighted by molar-refractivity contribution is 5.17. The Hall–Kier alpha value is -1.64. The van der Waals surface area contributed by atoms with Crippen molar-refractivity contribution < 1.29 is 0 Å². The smallest absolute Gasteiger partial charge is 0.0210 e. The van der Waals surface area contributed by atoms with Crippen molar-refractivity contribution in [1.29, 1.82) is 0 Å². The van der Waals surface area contributed by atoms with E-state index in [1.807, 2.05) is 0 Å². The lowest BCUT2D eigenvalue weighted by atomic mass is 9.61. The second-order valence-corrected chi connectivity index (χ2v) is 7.74. The quantitative estimate of drug-likeness (QED) is 0.824. The van der Waals surface area contributed by atoms with Gasteiger partial charge in [-0.15, -0.1) is 0 Å². The minimum absolute atomic E-state index is 0.381. The fourth-order valence-corrected chi connectivity index (χ4v) is 4.49. The van der Waals surface area contributed by atoms with Gasteiger partial charge >= 0.3 is 0 Å². The average Bonchev–Trinajstić information content (AvgIpc) is 2.68. The van der Waals surface area contributed by atoms with Gasteiger partial charge in [0.2, 0.25) is 0 Å². The van der Waals surface area contributed by atoms with Gasteiger partial charge in [0.25, 0.3) is 0 Å². The molecule has 0 heterocycles. The first-order valence-electron chi connectivity index (χ1n) is 9.36. The minimum Gasteiger partial charge on any atom is -0.307 e. The summed E-state index contributed by atoms with van der Waals surface area (Å²) < 4.78 is 0. The Balaban J connectivity index is 1.32. The Labute approximate surface area is 145 Å². The maximum atomic E-state index is 3.90. The molecule has 2 heteroatoms. The van der Waals surface area contributed by atoms with Gasteiger partial charge in [0.05, 0.1) is 0 Å². The second-order valence-electron chi connectivity index (χ2n) is 7.74. The van der Waals surface area contributed by atoms with Crippen LogP contribution in [0.15, 0.2) is 60.7 Å². The van der Waals surface area contributed by atoms with Crippen LogP contribution in [-0.2, 0) is 13.1 Å². The van der Waals surface area contributed by atoms with Crippen LogP contribution in [0.3, 0.4) is 0 Å². The van der Waals surface area contributed by atoms with Crippen molar-refractivity contribution in [2.45, 2.75) is 62.7 Å². The van der Waals surface area contributed by atoms with Gasteiger partial charge in [-0.1, -0.05) is 60.7 Å². The summed E-state index contributed by atoms with van der Waals surface area (Å²) >= 11 is 0. The third-order valence-corrected chi connectivity index (χ3v) is 6.27. The van der Waals surface area contributed by atoms with Gasteiger partial charge in [-0.3, -0.25) is 0 Å². The lowest BCUT2D eigenvalue weighted by Gasteiger charge is -2.54. The average molecular weight is 320 g/mol. The molecule has 0 atom stereocenters. The first-order valence-corrected chi connectivity index (χ1v) is 9.36. The Morgan fingerprint density at radius 2 is 0.875 bits per heavy atom. The number of nitrogens with one attached hydrogen (secondary N) is 2. The summed E-state index contributed by atoms with van der Waals surface area (Å²) in [5.74, 6) is 0. The predicted molar refractivity (Wildman–Crippen MR) is 99.7 cm³/mol. The van der Waals surface area contributed by atoms with Gasteiger partial charge in [0, 0.05) is 24.2 Å². The first kappa shape index (κ1) is 15.9. The number of fused-ring (bicyclic) bond motifs is 3. The van der Waals surface area contributed by atoms with Crippen LogP contribution in [0.1, 0.15) is 49.7 Å². The van der Waals surface area contributed by atoms with E-state index in [-0.39, 0.29) is 0 Å². The molecule has 0 amide bonds. The maximum Gasteiger partial charge on any atom is 0.0210 e. The third-order valence-electron chi connectivity index (χ3n) is 6.27. The van der Waals surface area contributed by atoms with E-state index in [1.54, 1.807) is 0 Å². The van der Waals surface area contributed by atoms with Crippen LogP contribution in [0.4, 0.5) is 0 Å². The maximum absolute atomic E-state index is 3.90. The Kier molecular flexibility index (Phi) is 4.43. The van der Waals surface area contributed by atoms with Crippen LogP contribution < -0.4 is 10.6 Å². The van der Waals surface area contributed by atoms with E-state index in [9.17, 15) is 0 Å². The highest BCUT2D eigenvalue weighted by Gasteiger charge is 2.47. The van der Waals surface area contributed by atoms with E-state index in [0.717, 1.165) is 13.1 Å². The predicted octanol–water partition coefficient (Wildman–Crippen LogP) is 4.41. The second kappa shape index (κ2) is 6.70. The molecule has 2 N–H and O–H groups in total. The van der Waals surface area contributed by atoms with Gasteiger partial charge < -0.3 is 10.6 Å². The van der Waals surface area contributed by atoms with Gasteiger partial charge in [-0.2, -0.15) is 0 Å². The molecule has 2 bridgehead atoms. The molecule has 0 aliphatic heterocycles. The molecule has 0 unspecified atom stereocenters. The van der Waals surface area contributed by atoms with Gasteiger partial charge in [-0.25, -0.2) is 0 Å². The van der Waals surface area contributed by atoms with Crippen molar-refractivity contribution >= 4 is 0 Å². The topological polar surface area (TPSA) is 24.1 Å². The Bertz CT molecular complexity index is 566.